The summed E-state index contributed by atoms with van der Waals surface area (Å²) < 4.78 is 40.8. The van der Waals surface area contributed by atoms with Gasteiger partial charge in [-0.3, -0.25) is 4.72 Å². The van der Waals surface area contributed by atoms with Gasteiger partial charge in [-0.05, 0) is 26.0 Å². The van der Waals surface area contributed by atoms with Crippen molar-refractivity contribution in [1.82, 2.24) is 13.7 Å². The number of sulfonamides is 1. The van der Waals surface area contributed by atoms with Gasteiger partial charge in [0.25, 0.3) is 10.0 Å². The second-order valence-electron chi connectivity index (χ2n) is 4.62. The van der Waals surface area contributed by atoms with Gasteiger partial charge in [0, 0.05) is 0 Å². The molecule has 3 aromatic rings. The zero-order valence-corrected chi connectivity index (χ0v) is 15.1. The highest BCUT2D eigenvalue weighted by Crippen LogP contribution is 2.29. The number of nitrogens with zero attached hydrogens (tertiary/aromatic N) is 3. The number of anilines is 1. The summed E-state index contributed by atoms with van der Waals surface area (Å²) in [6.45, 7) is 3.51. The number of fused-ring (bicyclic) bond motifs is 1. The van der Waals surface area contributed by atoms with E-state index in [4.69, 9.17) is 4.74 Å². The summed E-state index contributed by atoms with van der Waals surface area (Å²) in [5, 5.41) is 0.662. The standard InChI is InChI=1S/C13H12N4O4S3/c1-3-21-13(18)11-12(22-7(2)14-11)17-24(19,20)9-6-4-5-8-10(9)16-23-15-8/h4-6,17H,3H2,1-2H3. The van der Waals surface area contributed by atoms with Crippen molar-refractivity contribution in [2.45, 2.75) is 18.7 Å². The predicted molar refractivity (Wildman–Crippen MR) is 91.0 cm³/mol. The number of benzene rings is 1. The van der Waals surface area contributed by atoms with E-state index < -0.39 is 16.0 Å². The molecule has 8 nitrogen and oxygen atoms in total. The maximum Gasteiger partial charge on any atom is 0.360 e. The SMILES string of the molecule is CCOC(=O)c1nc(C)sc1NS(=O)(=O)c1cccc2nsnc12. The van der Waals surface area contributed by atoms with Crippen LogP contribution in [-0.2, 0) is 14.8 Å². The highest BCUT2D eigenvalue weighted by Gasteiger charge is 2.25. The molecule has 0 amide bonds. The first-order chi connectivity index (χ1) is 11.4. The number of aromatic nitrogens is 3. The minimum atomic E-state index is -3.95. The largest absolute Gasteiger partial charge is 0.461 e. The Bertz CT molecular complexity index is 1010. The average molecular weight is 384 g/mol. The lowest BCUT2D eigenvalue weighted by Gasteiger charge is -2.07. The number of hydrogen-bond donors (Lipinski definition) is 1. The van der Waals surface area contributed by atoms with E-state index >= 15 is 0 Å². The number of carbonyl (C=O) groups is 1. The first-order valence-electron chi connectivity index (χ1n) is 6.81. The summed E-state index contributed by atoms with van der Waals surface area (Å²) >= 11 is 1.99. The van der Waals surface area contributed by atoms with Crippen molar-refractivity contribution >= 4 is 55.1 Å². The van der Waals surface area contributed by atoms with Gasteiger partial charge in [-0.2, -0.15) is 8.75 Å². The van der Waals surface area contributed by atoms with E-state index in [2.05, 4.69) is 18.5 Å². The molecule has 1 N–H and O–H groups in total. The van der Waals surface area contributed by atoms with Crippen LogP contribution in [0.4, 0.5) is 5.00 Å². The Balaban J connectivity index is 2.02. The van der Waals surface area contributed by atoms with Gasteiger partial charge in [-0.15, -0.1) is 11.3 Å². The average Bonchev–Trinajstić information content (AvgIpc) is 3.13. The molecular formula is C13H12N4O4S3. The molecule has 0 saturated carbocycles. The van der Waals surface area contributed by atoms with Crippen LogP contribution in [0.25, 0.3) is 11.0 Å². The highest BCUT2D eigenvalue weighted by molar-refractivity contribution is 7.93. The van der Waals surface area contributed by atoms with Gasteiger partial charge in [-0.25, -0.2) is 18.2 Å². The van der Waals surface area contributed by atoms with Gasteiger partial charge in [0.05, 0.1) is 23.3 Å². The van der Waals surface area contributed by atoms with E-state index in [1.54, 1.807) is 26.0 Å². The van der Waals surface area contributed by atoms with Crippen molar-refractivity contribution in [3.63, 3.8) is 0 Å². The molecule has 1 aromatic carbocycles. The normalized spacial score (nSPS) is 11.6. The Kier molecular flexibility index (Phi) is 4.47. The van der Waals surface area contributed by atoms with Crippen LogP contribution in [0.3, 0.4) is 0 Å². The molecule has 0 aliphatic carbocycles. The molecule has 0 bridgehead atoms. The Morgan fingerprint density at radius 2 is 2.12 bits per heavy atom. The van der Waals surface area contributed by atoms with Crippen molar-refractivity contribution in [2.24, 2.45) is 0 Å². The highest BCUT2D eigenvalue weighted by atomic mass is 32.2. The lowest BCUT2D eigenvalue weighted by atomic mass is 10.3. The van der Waals surface area contributed by atoms with E-state index in [1.165, 1.54) is 6.07 Å². The summed E-state index contributed by atoms with van der Waals surface area (Å²) in [4.78, 5) is 16.0. The molecule has 0 aliphatic heterocycles. The monoisotopic (exact) mass is 384 g/mol. The van der Waals surface area contributed by atoms with Crippen LogP contribution in [0, 0.1) is 6.92 Å². The molecule has 24 heavy (non-hydrogen) atoms. The first-order valence-corrected chi connectivity index (χ1v) is 9.84. The molecule has 3 rings (SSSR count). The lowest BCUT2D eigenvalue weighted by Crippen LogP contribution is -2.16. The fourth-order valence-corrected chi connectivity index (χ4v) is 4.88. The van der Waals surface area contributed by atoms with E-state index in [9.17, 15) is 13.2 Å². The third kappa shape index (κ3) is 3.09. The Labute approximate surface area is 145 Å². The van der Waals surface area contributed by atoms with Crippen LogP contribution in [0.1, 0.15) is 22.4 Å². The third-order valence-corrected chi connectivity index (χ3v) is 5.91. The van der Waals surface area contributed by atoms with Crippen LogP contribution in [0.5, 0.6) is 0 Å². The van der Waals surface area contributed by atoms with Gasteiger partial charge >= 0.3 is 5.97 Å². The van der Waals surface area contributed by atoms with E-state index in [0.29, 0.717) is 10.5 Å². The molecule has 0 atom stereocenters. The van der Waals surface area contributed by atoms with Crippen LogP contribution >= 0.6 is 23.1 Å². The molecule has 11 heteroatoms. The maximum atomic E-state index is 12.7. The molecule has 126 valence electrons. The lowest BCUT2D eigenvalue weighted by molar-refractivity contribution is 0.0521. The molecule has 2 heterocycles. The van der Waals surface area contributed by atoms with Crippen LogP contribution in [-0.4, -0.2) is 34.7 Å². The minimum absolute atomic E-state index is 0.00499. The number of carbonyl (C=O) groups excluding carboxylic acids is 1. The van der Waals surface area contributed by atoms with Crippen LogP contribution in [0.15, 0.2) is 23.1 Å². The molecular weight excluding hydrogens is 372 g/mol. The Morgan fingerprint density at radius 3 is 2.88 bits per heavy atom. The fraction of sp³-hybridized carbons (Fsp3) is 0.231. The topological polar surface area (TPSA) is 111 Å². The van der Waals surface area contributed by atoms with Crippen LogP contribution < -0.4 is 4.72 Å². The van der Waals surface area contributed by atoms with Crippen molar-refractivity contribution in [2.75, 3.05) is 11.3 Å². The minimum Gasteiger partial charge on any atom is -0.461 e. The summed E-state index contributed by atoms with van der Waals surface area (Å²) in [5.41, 5.74) is 0.731. The van der Waals surface area contributed by atoms with Gasteiger partial charge in [0.1, 0.15) is 20.9 Å². The second kappa shape index (κ2) is 6.42. The van der Waals surface area contributed by atoms with Gasteiger partial charge < -0.3 is 4.74 Å². The quantitative estimate of drug-likeness (QED) is 0.672. The molecule has 0 unspecified atom stereocenters. The maximum absolute atomic E-state index is 12.7. The second-order valence-corrected chi connectivity index (χ2v) is 8.01. The Hall–Kier alpha value is -2.11. The summed E-state index contributed by atoms with van der Waals surface area (Å²) in [7, 11) is -3.95. The summed E-state index contributed by atoms with van der Waals surface area (Å²) in [6.07, 6.45) is 0. The third-order valence-electron chi connectivity index (χ3n) is 2.97. The van der Waals surface area contributed by atoms with Gasteiger partial charge in [0.2, 0.25) is 0 Å². The predicted octanol–water partition coefficient (Wildman–Crippen LogP) is 2.43. The van der Waals surface area contributed by atoms with E-state index in [1.807, 2.05) is 0 Å². The van der Waals surface area contributed by atoms with Crippen LogP contribution in [0.2, 0.25) is 0 Å². The van der Waals surface area contributed by atoms with Crippen molar-refractivity contribution < 1.29 is 17.9 Å². The zero-order chi connectivity index (χ0) is 17.3. The van der Waals surface area contributed by atoms with Crippen molar-refractivity contribution in [3.05, 3.63) is 28.9 Å². The van der Waals surface area contributed by atoms with Crippen molar-refractivity contribution in [3.8, 4) is 0 Å². The van der Waals surface area contributed by atoms with E-state index in [0.717, 1.165) is 23.1 Å². The number of nitrogens with one attached hydrogen (secondary N) is 1. The van der Waals surface area contributed by atoms with E-state index in [-0.39, 0.29) is 27.7 Å². The first kappa shape index (κ1) is 16.7. The zero-order valence-electron chi connectivity index (χ0n) is 12.6. The number of aryl methyl sites for hydroxylation is 1. The molecule has 0 spiro atoms. The van der Waals surface area contributed by atoms with Gasteiger partial charge in [-0.1, -0.05) is 6.07 Å². The molecule has 0 saturated heterocycles. The molecule has 0 aliphatic rings. The summed E-state index contributed by atoms with van der Waals surface area (Å²) in [5.74, 6) is -0.673. The van der Waals surface area contributed by atoms with Crippen molar-refractivity contribution in [1.29, 1.82) is 0 Å². The number of thiazole rings is 1. The number of hydrogen-bond acceptors (Lipinski definition) is 9. The molecule has 2 aromatic heterocycles. The fourth-order valence-electron chi connectivity index (χ4n) is 2.01. The molecule has 0 radical (unpaired) electrons. The number of rotatable bonds is 5. The molecule has 0 fully saturated rings. The smallest absolute Gasteiger partial charge is 0.360 e. The van der Waals surface area contributed by atoms with Gasteiger partial charge in [0.15, 0.2) is 5.69 Å². The summed E-state index contributed by atoms with van der Waals surface area (Å²) in [6, 6.07) is 4.70. The Morgan fingerprint density at radius 1 is 1.33 bits per heavy atom. The number of esters is 1. The number of ether oxygens (including phenoxy) is 1.